The van der Waals surface area contributed by atoms with Crippen LogP contribution in [-0.4, -0.2) is 60.5 Å². The first kappa shape index (κ1) is 17.0. The zero-order valence-electron chi connectivity index (χ0n) is 16.5. The largest absolute Gasteiger partial charge is 0.352 e. The van der Waals surface area contributed by atoms with Crippen LogP contribution < -0.4 is 4.90 Å². The van der Waals surface area contributed by atoms with Crippen molar-refractivity contribution >= 4 is 11.3 Å². The summed E-state index contributed by atoms with van der Waals surface area (Å²) < 4.78 is 3.75. The third-order valence-electron chi connectivity index (χ3n) is 6.98. The number of aromatic nitrogens is 5. The highest BCUT2D eigenvalue weighted by Crippen LogP contribution is 2.41. The Kier molecular flexibility index (Phi) is 3.68. The summed E-state index contributed by atoms with van der Waals surface area (Å²) in [7, 11) is 1.93. The summed E-state index contributed by atoms with van der Waals surface area (Å²) in [6.45, 7) is 2.01. The molecule has 148 valence electrons. The van der Waals surface area contributed by atoms with Crippen molar-refractivity contribution in [1.29, 1.82) is 5.26 Å². The summed E-state index contributed by atoms with van der Waals surface area (Å²) in [4.78, 5) is 9.85. The maximum atomic E-state index is 9.13. The van der Waals surface area contributed by atoms with Crippen molar-refractivity contribution in [2.24, 2.45) is 13.0 Å². The van der Waals surface area contributed by atoms with Crippen LogP contribution in [0.15, 0.2) is 31.0 Å². The molecule has 0 N–H and O–H groups in total. The van der Waals surface area contributed by atoms with E-state index in [4.69, 9.17) is 5.26 Å². The van der Waals surface area contributed by atoms with Gasteiger partial charge in [0.25, 0.3) is 0 Å². The lowest BCUT2D eigenvalue weighted by Crippen LogP contribution is -2.60. The van der Waals surface area contributed by atoms with Gasteiger partial charge in [0.1, 0.15) is 11.8 Å². The summed E-state index contributed by atoms with van der Waals surface area (Å²) in [6, 6.07) is 6.35. The third-order valence-corrected chi connectivity index (χ3v) is 6.98. The standard InChI is InChI=1S/C21H24N8/c1-26-9-16(8-24-26)15-6-20-21(23-13-25-28(20)10-15)27-11-17-2-3-18(12-27)29(17)19-4-14(5-19)7-22/h6,8-10,13-14,17-19H,2-5,11-12H2,1H3/t14-,17?,18?,19+. The minimum Gasteiger partial charge on any atom is -0.352 e. The number of hydrogen-bond donors (Lipinski definition) is 0. The normalized spacial score (nSPS) is 29.2. The monoisotopic (exact) mass is 388 g/mol. The summed E-state index contributed by atoms with van der Waals surface area (Å²) in [5, 5.41) is 17.9. The molecule has 0 aromatic carbocycles. The molecule has 3 aromatic heterocycles. The van der Waals surface area contributed by atoms with Crippen molar-refractivity contribution in [2.75, 3.05) is 18.0 Å². The van der Waals surface area contributed by atoms with Crippen LogP contribution in [0.3, 0.4) is 0 Å². The van der Waals surface area contributed by atoms with E-state index in [2.05, 4.69) is 43.3 Å². The van der Waals surface area contributed by atoms with Crippen LogP contribution in [0, 0.1) is 17.2 Å². The lowest BCUT2D eigenvalue weighted by molar-refractivity contribution is 0.0437. The Labute approximate surface area is 169 Å². The molecule has 3 fully saturated rings. The molecule has 0 radical (unpaired) electrons. The molecule has 0 spiro atoms. The van der Waals surface area contributed by atoms with Crippen molar-refractivity contribution < 1.29 is 0 Å². The molecule has 0 amide bonds. The highest BCUT2D eigenvalue weighted by atomic mass is 15.4. The highest BCUT2D eigenvalue weighted by Gasteiger charge is 2.47. The first-order valence-electron chi connectivity index (χ1n) is 10.4. The van der Waals surface area contributed by atoms with Crippen molar-refractivity contribution in [3.63, 3.8) is 0 Å². The van der Waals surface area contributed by atoms with E-state index in [0.717, 1.165) is 48.4 Å². The van der Waals surface area contributed by atoms with Crippen LogP contribution in [0.5, 0.6) is 0 Å². The minimum absolute atomic E-state index is 0.269. The summed E-state index contributed by atoms with van der Waals surface area (Å²) in [6.07, 6.45) is 12.2. The molecule has 2 unspecified atom stereocenters. The minimum atomic E-state index is 0.269. The molecule has 3 aliphatic rings. The molecule has 3 aromatic rings. The number of rotatable bonds is 3. The summed E-state index contributed by atoms with van der Waals surface area (Å²) in [5.41, 5.74) is 3.25. The molecular weight excluding hydrogens is 364 g/mol. The van der Waals surface area contributed by atoms with E-state index >= 15 is 0 Å². The van der Waals surface area contributed by atoms with E-state index in [1.807, 2.05) is 28.6 Å². The Bertz CT molecular complexity index is 1090. The molecule has 5 heterocycles. The molecule has 8 heteroatoms. The Morgan fingerprint density at radius 3 is 2.52 bits per heavy atom. The van der Waals surface area contributed by atoms with Crippen LogP contribution >= 0.6 is 0 Å². The van der Waals surface area contributed by atoms with Crippen molar-refractivity contribution in [3.05, 3.63) is 31.0 Å². The molecule has 2 saturated heterocycles. The number of piperazine rings is 1. The molecule has 6 rings (SSSR count). The van der Waals surface area contributed by atoms with Gasteiger partial charge >= 0.3 is 0 Å². The van der Waals surface area contributed by atoms with Crippen LogP contribution in [0.1, 0.15) is 25.7 Å². The fourth-order valence-corrected chi connectivity index (χ4v) is 5.53. The SMILES string of the molecule is Cn1cc(-c2cc3c(N4CC5CCC(C4)N5[C@H]4C[C@@H](C#N)C4)ncnn3c2)cn1. The third kappa shape index (κ3) is 2.64. The smallest absolute Gasteiger partial charge is 0.156 e. The van der Waals surface area contributed by atoms with E-state index in [-0.39, 0.29) is 5.92 Å². The van der Waals surface area contributed by atoms with Crippen molar-refractivity contribution in [3.8, 4) is 17.2 Å². The summed E-state index contributed by atoms with van der Waals surface area (Å²) in [5.74, 6) is 1.29. The molecule has 2 aliphatic heterocycles. The van der Waals surface area contributed by atoms with E-state index in [1.54, 1.807) is 6.33 Å². The Hall–Kier alpha value is -2.92. The van der Waals surface area contributed by atoms with Gasteiger partial charge in [0, 0.05) is 67.7 Å². The van der Waals surface area contributed by atoms with Gasteiger partial charge in [-0.1, -0.05) is 0 Å². The van der Waals surface area contributed by atoms with Crippen LogP contribution in [0.25, 0.3) is 16.6 Å². The van der Waals surface area contributed by atoms with Gasteiger partial charge in [-0.05, 0) is 31.7 Å². The average Bonchev–Trinajstić information content (AvgIpc) is 3.37. The number of nitrogens with zero attached hydrogens (tertiary/aromatic N) is 8. The maximum Gasteiger partial charge on any atom is 0.156 e. The zero-order valence-corrected chi connectivity index (χ0v) is 16.5. The topological polar surface area (TPSA) is 78.3 Å². The molecular formula is C21H24N8. The van der Waals surface area contributed by atoms with E-state index in [0.29, 0.717) is 18.1 Å². The van der Waals surface area contributed by atoms with Gasteiger partial charge in [0.05, 0.1) is 12.3 Å². The fourth-order valence-electron chi connectivity index (χ4n) is 5.53. The highest BCUT2D eigenvalue weighted by molar-refractivity contribution is 5.77. The number of hydrogen-bond acceptors (Lipinski definition) is 6. The number of aryl methyl sites for hydroxylation is 1. The van der Waals surface area contributed by atoms with Crippen LogP contribution in [0.2, 0.25) is 0 Å². The lowest BCUT2D eigenvalue weighted by atomic mass is 9.79. The number of fused-ring (bicyclic) bond motifs is 3. The first-order chi connectivity index (χ1) is 14.2. The molecule has 2 bridgehead atoms. The van der Waals surface area contributed by atoms with Gasteiger partial charge in [-0.25, -0.2) is 9.50 Å². The molecule has 2 atom stereocenters. The second-order valence-corrected chi connectivity index (χ2v) is 8.73. The van der Waals surface area contributed by atoms with Gasteiger partial charge in [0.2, 0.25) is 0 Å². The number of nitriles is 1. The quantitative estimate of drug-likeness (QED) is 0.684. The maximum absolute atomic E-state index is 9.13. The Morgan fingerprint density at radius 1 is 1.03 bits per heavy atom. The second-order valence-electron chi connectivity index (χ2n) is 8.73. The average molecular weight is 388 g/mol. The molecule has 1 aliphatic carbocycles. The van der Waals surface area contributed by atoms with E-state index in [9.17, 15) is 0 Å². The predicted molar refractivity (Wildman–Crippen MR) is 108 cm³/mol. The number of anilines is 1. The van der Waals surface area contributed by atoms with Gasteiger partial charge < -0.3 is 4.90 Å². The fraction of sp³-hybridized carbons (Fsp3) is 0.524. The van der Waals surface area contributed by atoms with Crippen molar-refractivity contribution in [2.45, 2.75) is 43.8 Å². The second kappa shape index (κ2) is 6.29. The summed E-state index contributed by atoms with van der Waals surface area (Å²) >= 11 is 0. The molecule has 29 heavy (non-hydrogen) atoms. The molecule has 1 saturated carbocycles. The van der Waals surface area contributed by atoms with Crippen LogP contribution in [0.4, 0.5) is 5.82 Å². The van der Waals surface area contributed by atoms with Crippen LogP contribution in [-0.2, 0) is 7.05 Å². The predicted octanol–water partition coefficient (Wildman–Crippen LogP) is 2.08. The van der Waals surface area contributed by atoms with Crippen molar-refractivity contribution in [1.82, 2.24) is 29.3 Å². The van der Waals surface area contributed by atoms with E-state index < -0.39 is 0 Å². The van der Waals surface area contributed by atoms with Gasteiger partial charge in [-0.2, -0.15) is 15.5 Å². The first-order valence-corrected chi connectivity index (χ1v) is 10.4. The molecule has 8 nitrogen and oxygen atoms in total. The zero-order chi connectivity index (χ0) is 19.5. The Morgan fingerprint density at radius 2 is 1.83 bits per heavy atom. The lowest BCUT2D eigenvalue weighted by Gasteiger charge is -2.49. The van der Waals surface area contributed by atoms with Gasteiger partial charge in [-0.15, -0.1) is 0 Å². The Balaban J connectivity index is 1.28. The van der Waals surface area contributed by atoms with E-state index in [1.165, 1.54) is 12.8 Å². The van der Waals surface area contributed by atoms with Gasteiger partial charge in [0.15, 0.2) is 5.82 Å². The van der Waals surface area contributed by atoms with Gasteiger partial charge in [-0.3, -0.25) is 9.58 Å².